The molecular weight excluding hydrogens is 194 g/mol. The molecule has 3 N–H and O–H groups in total. The molecule has 0 amide bonds. The fraction of sp³-hybridized carbons (Fsp3) is 0.364. The highest BCUT2D eigenvalue weighted by Gasteiger charge is 2.33. The molecule has 0 aromatic heterocycles. The van der Waals surface area contributed by atoms with E-state index in [1.807, 2.05) is 0 Å². The quantitative estimate of drug-likeness (QED) is 0.674. The number of carboxylic acids is 1. The number of hydrogen-bond acceptors (Lipinski definition) is 3. The zero-order valence-corrected chi connectivity index (χ0v) is 8.18. The Morgan fingerprint density at radius 3 is 2.60 bits per heavy atom. The van der Waals surface area contributed by atoms with Crippen molar-refractivity contribution in [2.45, 2.75) is 18.4 Å². The standard InChI is InChI=1S/C11H13NO3/c13-8-3-1-7(2-4-8)9-5-6-12-10(9)11(14)15/h1-4,9-10,12-13H,5-6H2,(H,14,15)/t9-,10+/m1/s1. The Bertz CT molecular complexity index is 361. The lowest BCUT2D eigenvalue weighted by Gasteiger charge is -2.15. The highest BCUT2D eigenvalue weighted by Crippen LogP contribution is 2.28. The molecule has 0 radical (unpaired) electrons. The van der Waals surface area contributed by atoms with Gasteiger partial charge in [-0.3, -0.25) is 4.79 Å². The van der Waals surface area contributed by atoms with Crippen LogP contribution in [0.3, 0.4) is 0 Å². The summed E-state index contributed by atoms with van der Waals surface area (Å²) in [5.41, 5.74) is 0.963. The van der Waals surface area contributed by atoms with Gasteiger partial charge in [-0.1, -0.05) is 12.1 Å². The normalized spacial score (nSPS) is 25.3. The lowest BCUT2D eigenvalue weighted by atomic mass is 9.92. The van der Waals surface area contributed by atoms with Crippen molar-refractivity contribution in [3.05, 3.63) is 29.8 Å². The molecule has 4 nitrogen and oxygen atoms in total. The first-order chi connectivity index (χ1) is 7.18. The summed E-state index contributed by atoms with van der Waals surface area (Å²) in [5, 5.41) is 21.1. The number of aromatic hydroxyl groups is 1. The Morgan fingerprint density at radius 2 is 2.00 bits per heavy atom. The van der Waals surface area contributed by atoms with E-state index in [1.165, 1.54) is 0 Å². The lowest BCUT2D eigenvalue weighted by Crippen LogP contribution is -2.34. The predicted molar refractivity (Wildman–Crippen MR) is 54.9 cm³/mol. The largest absolute Gasteiger partial charge is 0.508 e. The number of benzene rings is 1. The van der Waals surface area contributed by atoms with Crippen LogP contribution in [0.4, 0.5) is 0 Å². The third kappa shape index (κ3) is 1.94. The Hall–Kier alpha value is -1.55. The lowest BCUT2D eigenvalue weighted by molar-refractivity contribution is -0.139. The average Bonchev–Trinajstić information content (AvgIpc) is 2.67. The summed E-state index contributed by atoms with van der Waals surface area (Å²) in [6.07, 6.45) is 0.821. The second-order valence-electron chi connectivity index (χ2n) is 3.76. The van der Waals surface area contributed by atoms with E-state index in [2.05, 4.69) is 5.32 Å². The van der Waals surface area contributed by atoms with E-state index >= 15 is 0 Å². The summed E-state index contributed by atoms with van der Waals surface area (Å²) >= 11 is 0. The molecular formula is C11H13NO3. The molecule has 0 saturated carbocycles. The summed E-state index contributed by atoms with van der Waals surface area (Å²) in [6, 6.07) is 6.24. The molecule has 1 aromatic carbocycles. The molecule has 15 heavy (non-hydrogen) atoms. The van der Waals surface area contributed by atoms with Gasteiger partial charge in [0.2, 0.25) is 0 Å². The van der Waals surface area contributed by atoms with Crippen LogP contribution < -0.4 is 5.32 Å². The molecule has 1 saturated heterocycles. The van der Waals surface area contributed by atoms with Gasteiger partial charge in [-0.05, 0) is 30.7 Å². The van der Waals surface area contributed by atoms with E-state index in [1.54, 1.807) is 24.3 Å². The number of carbonyl (C=O) groups is 1. The van der Waals surface area contributed by atoms with E-state index < -0.39 is 12.0 Å². The molecule has 1 aliphatic heterocycles. The van der Waals surface area contributed by atoms with Crippen molar-refractivity contribution in [2.24, 2.45) is 0 Å². The van der Waals surface area contributed by atoms with Gasteiger partial charge in [0.1, 0.15) is 11.8 Å². The minimum Gasteiger partial charge on any atom is -0.508 e. The van der Waals surface area contributed by atoms with Crippen LogP contribution in [-0.4, -0.2) is 28.8 Å². The Balaban J connectivity index is 2.22. The number of phenolic OH excluding ortho intramolecular Hbond substituents is 1. The maximum Gasteiger partial charge on any atom is 0.321 e. The molecule has 1 fully saturated rings. The fourth-order valence-electron chi connectivity index (χ4n) is 2.04. The summed E-state index contributed by atoms with van der Waals surface area (Å²) in [7, 11) is 0. The van der Waals surface area contributed by atoms with E-state index in [4.69, 9.17) is 10.2 Å². The van der Waals surface area contributed by atoms with Crippen LogP contribution in [0.25, 0.3) is 0 Å². The monoisotopic (exact) mass is 207 g/mol. The van der Waals surface area contributed by atoms with Gasteiger partial charge in [0.15, 0.2) is 0 Å². The first-order valence-electron chi connectivity index (χ1n) is 4.93. The van der Waals surface area contributed by atoms with Gasteiger partial charge in [-0.2, -0.15) is 0 Å². The van der Waals surface area contributed by atoms with Gasteiger partial charge in [0.05, 0.1) is 0 Å². The van der Waals surface area contributed by atoms with Crippen molar-refractivity contribution in [3.63, 3.8) is 0 Å². The average molecular weight is 207 g/mol. The highest BCUT2D eigenvalue weighted by molar-refractivity contribution is 5.75. The van der Waals surface area contributed by atoms with Crippen LogP contribution in [0.1, 0.15) is 17.9 Å². The summed E-state index contributed by atoms with van der Waals surface area (Å²) in [5.74, 6) is -0.606. The van der Waals surface area contributed by atoms with Gasteiger partial charge >= 0.3 is 5.97 Å². The molecule has 4 heteroatoms. The first kappa shape index (κ1) is 9.98. The van der Waals surface area contributed by atoms with Crippen molar-refractivity contribution < 1.29 is 15.0 Å². The third-order valence-electron chi connectivity index (χ3n) is 2.81. The molecule has 1 aromatic rings. The van der Waals surface area contributed by atoms with Gasteiger partial charge in [-0.25, -0.2) is 0 Å². The van der Waals surface area contributed by atoms with E-state index in [-0.39, 0.29) is 11.7 Å². The third-order valence-corrected chi connectivity index (χ3v) is 2.81. The van der Waals surface area contributed by atoms with Gasteiger partial charge < -0.3 is 15.5 Å². The second kappa shape index (κ2) is 3.90. The molecule has 80 valence electrons. The smallest absolute Gasteiger partial charge is 0.321 e. The number of rotatable bonds is 2. The second-order valence-corrected chi connectivity index (χ2v) is 3.76. The molecule has 1 aliphatic rings. The van der Waals surface area contributed by atoms with Crippen LogP contribution in [0.5, 0.6) is 5.75 Å². The van der Waals surface area contributed by atoms with Crippen LogP contribution >= 0.6 is 0 Å². The maximum absolute atomic E-state index is 10.9. The van der Waals surface area contributed by atoms with Crippen molar-refractivity contribution in [1.82, 2.24) is 5.32 Å². The summed E-state index contributed by atoms with van der Waals surface area (Å²) in [4.78, 5) is 10.9. The number of phenols is 1. The molecule has 1 heterocycles. The van der Waals surface area contributed by atoms with Crippen molar-refractivity contribution in [2.75, 3.05) is 6.54 Å². The number of nitrogens with one attached hydrogen (secondary N) is 1. The highest BCUT2D eigenvalue weighted by atomic mass is 16.4. The zero-order valence-electron chi connectivity index (χ0n) is 8.18. The molecule has 0 unspecified atom stereocenters. The minimum atomic E-state index is -0.814. The van der Waals surface area contributed by atoms with Gasteiger partial charge in [0.25, 0.3) is 0 Å². The summed E-state index contributed by atoms with van der Waals surface area (Å²) in [6.45, 7) is 0.725. The van der Waals surface area contributed by atoms with Crippen molar-refractivity contribution in [3.8, 4) is 5.75 Å². The maximum atomic E-state index is 10.9. The fourth-order valence-corrected chi connectivity index (χ4v) is 2.04. The summed E-state index contributed by atoms with van der Waals surface area (Å²) < 4.78 is 0. The number of aliphatic carboxylic acids is 1. The van der Waals surface area contributed by atoms with Gasteiger partial charge in [-0.15, -0.1) is 0 Å². The number of hydrogen-bond donors (Lipinski definition) is 3. The van der Waals surface area contributed by atoms with E-state index in [0.717, 1.165) is 18.5 Å². The predicted octanol–water partition coefficient (Wildman–Crippen LogP) is 0.922. The van der Waals surface area contributed by atoms with Crippen LogP contribution in [-0.2, 0) is 4.79 Å². The molecule has 0 spiro atoms. The van der Waals surface area contributed by atoms with Crippen LogP contribution in [0.2, 0.25) is 0 Å². The van der Waals surface area contributed by atoms with E-state index in [0.29, 0.717) is 0 Å². The van der Waals surface area contributed by atoms with Crippen molar-refractivity contribution >= 4 is 5.97 Å². The van der Waals surface area contributed by atoms with E-state index in [9.17, 15) is 4.79 Å². The van der Waals surface area contributed by atoms with Crippen LogP contribution in [0, 0.1) is 0 Å². The topological polar surface area (TPSA) is 69.6 Å². The van der Waals surface area contributed by atoms with Gasteiger partial charge in [0, 0.05) is 5.92 Å². The Labute approximate surface area is 87.6 Å². The molecule has 2 rings (SSSR count). The minimum absolute atomic E-state index is 0.00287. The SMILES string of the molecule is O=C(O)[C@H]1NCC[C@@H]1c1ccc(O)cc1. The zero-order chi connectivity index (χ0) is 10.8. The van der Waals surface area contributed by atoms with Crippen molar-refractivity contribution in [1.29, 1.82) is 0 Å². The molecule has 2 atom stereocenters. The first-order valence-corrected chi connectivity index (χ1v) is 4.93. The molecule has 0 bridgehead atoms. The molecule has 0 aliphatic carbocycles. The Morgan fingerprint density at radius 1 is 1.33 bits per heavy atom. The Kier molecular flexibility index (Phi) is 2.60. The van der Waals surface area contributed by atoms with Crippen LogP contribution in [0.15, 0.2) is 24.3 Å². The number of carboxylic acid groups (broad SMARTS) is 1.